The van der Waals surface area contributed by atoms with E-state index in [1.807, 2.05) is 54.6 Å². The maximum atomic E-state index is 12.3. The van der Waals surface area contributed by atoms with Crippen LogP contribution in [0.2, 0.25) is 0 Å². The lowest BCUT2D eigenvalue weighted by molar-refractivity contribution is 0.109. The van der Waals surface area contributed by atoms with Crippen molar-refractivity contribution in [2.45, 2.75) is 37.8 Å². The lowest BCUT2D eigenvalue weighted by Crippen LogP contribution is -2.32. The third-order valence-corrected chi connectivity index (χ3v) is 5.84. The van der Waals surface area contributed by atoms with Crippen molar-refractivity contribution in [3.05, 3.63) is 70.5 Å². The van der Waals surface area contributed by atoms with Crippen molar-refractivity contribution in [1.82, 2.24) is 4.37 Å². The Kier molecular flexibility index (Phi) is 6.15. The number of H-pyrrole nitrogens is 1. The minimum Gasteiger partial charge on any atom is -0.457 e. The van der Waals surface area contributed by atoms with Gasteiger partial charge in [-0.05, 0) is 60.8 Å². The van der Waals surface area contributed by atoms with E-state index in [4.69, 9.17) is 10.5 Å². The summed E-state index contributed by atoms with van der Waals surface area (Å²) in [6, 6.07) is 16.7. The predicted molar refractivity (Wildman–Crippen MR) is 120 cm³/mol. The molecule has 0 amide bonds. The zero-order valence-electron chi connectivity index (χ0n) is 16.4. The number of aliphatic imine (C=N–C) groups is 1. The van der Waals surface area contributed by atoms with Crippen molar-refractivity contribution in [2.75, 3.05) is 5.32 Å². The lowest BCUT2D eigenvalue weighted by Gasteiger charge is -2.24. The smallest absolute Gasteiger partial charge is 0.271 e. The molecule has 4 rings (SSSR count). The average molecular weight is 425 g/mol. The fraction of sp³-hybridized carbons (Fsp3) is 0.273. The molecule has 1 heterocycles. The molecule has 3 aromatic rings. The van der Waals surface area contributed by atoms with E-state index in [0.29, 0.717) is 22.7 Å². The number of aromatic nitrogens is 1. The SMILES string of the molecule is NC(=N[C@@H]1CCCC[C@H]1O)c1c(Nc2ccc(Oc3ccccc3)cc2)s[nH]c1=O. The zero-order valence-corrected chi connectivity index (χ0v) is 17.2. The minimum atomic E-state index is -0.511. The maximum absolute atomic E-state index is 12.3. The van der Waals surface area contributed by atoms with Crippen LogP contribution in [-0.4, -0.2) is 27.5 Å². The van der Waals surface area contributed by atoms with Crippen LogP contribution < -0.4 is 21.3 Å². The number of anilines is 2. The first kappa shape index (κ1) is 20.2. The number of hydrogen-bond acceptors (Lipinski definition) is 6. The molecule has 2 aromatic carbocycles. The first-order valence-corrected chi connectivity index (χ1v) is 10.7. The van der Waals surface area contributed by atoms with Crippen LogP contribution in [0.1, 0.15) is 31.2 Å². The molecule has 0 unspecified atom stereocenters. The zero-order chi connectivity index (χ0) is 20.9. The van der Waals surface area contributed by atoms with Gasteiger partial charge in [0, 0.05) is 5.69 Å². The van der Waals surface area contributed by atoms with Crippen LogP contribution in [0.25, 0.3) is 0 Å². The van der Waals surface area contributed by atoms with E-state index < -0.39 is 6.10 Å². The topological polar surface area (TPSA) is 113 Å². The van der Waals surface area contributed by atoms with Crippen molar-refractivity contribution in [3.63, 3.8) is 0 Å². The molecule has 7 nitrogen and oxygen atoms in total. The van der Waals surface area contributed by atoms with Gasteiger partial charge in [0.1, 0.15) is 27.9 Å². The molecular weight excluding hydrogens is 400 g/mol. The number of aliphatic hydroxyl groups is 1. The molecule has 1 aliphatic carbocycles. The van der Waals surface area contributed by atoms with Gasteiger partial charge in [0.15, 0.2) is 0 Å². The summed E-state index contributed by atoms with van der Waals surface area (Å²) in [5.41, 5.74) is 6.97. The number of rotatable bonds is 6. The Morgan fingerprint density at radius 2 is 1.80 bits per heavy atom. The summed E-state index contributed by atoms with van der Waals surface area (Å²) in [5.74, 6) is 1.62. The van der Waals surface area contributed by atoms with Gasteiger partial charge in [0.25, 0.3) is 5.56 Å². The molecule has 0 spiro atoms. The highest BCUT2D eigenvalue weighted by Gasteiger charge is 2.24. The van der Waals surface area contributed by atoms with Gasteiger partial charge in [-0.1, -0.05) is 31.0 Å². The van der Waals surface area contributed by atoms with Crippen molar-refractivity contribution >= 4 is 28.1 Å². The number of nitrogens with one attached hydrogen (secondary N) is 2. The van der Waals surface area contributed by atoms with Gasteiger partial charge in [-0.2, -0.15) is 0 Å². The maximum Gasteiger partial charge on any atom is 0.271 e. The monoisotopic (exact) mass is 424 g/mol. The second-order valence-electron chi connectivity index (χ2n) is 7.24. The summed E-state index contributed by atoms with van der Waals surface area (Å²) < 4.78 is 8.51. The third kappa shape index (κ3) is 4.72. The molecule has 0 radical (unpaired) electrons. The Labute approximate surface area is 178 Å². The number of benzene rings is 2. The van der Waals surface area contributed by atoms with Crippen LogP contribution in [-0.2, 0) is 0 Å². The minimum absolute atomic E-state index is 0.148. The first-order valence-electron chi connectivity index (χ1n) is 9.93. The Balaban J connectivity index is 1.50. The molecule has 0 aliphatic heterocycles. The summed E-state index contributed by atoms with van der Waals surface area (Å²) in [5, 5.41) is 14.0. The number of nitrogens with two attached hydrogens (primary N) is 1. The molecule has 5 N–H and O–H groups in total. The van der Waals surface area contributed by atoms with Crippen LogP contribution in [0.3, 0.4) is 0 Å². The van der Waals surface area contributed by atoms with Crippen molar-refractivity contribution in [3.8, 4) is 11.5 Å². The molecule has 1 aromatic heterocycles. The highest BCUT2D eigenvalue weighted by Crippen LogP contribution is 2.27. The summed E-state index contributed by atoms with van der Waals surface area (Å²) in [7, 11) is 0. The van der Waals surface area contributed by atoms with Gasteiger partial charge in [-0.15, -0.1) is 0 Å². The lowest BCUT2D eigenvalue weighted by atomic mass is 9.93. The number of aromatic amines is 1. The van der Waals surface area contributed by atoms with E-state index in [2.05, 4.69) is 14.7 Å². The highest BCUT2D eigenvalue weighted by molar-refractivity contribution is 7.10. The Morgan fingerprint density at radius 1 is 1.10 bits per heavy atom. The van der Waals surface area contributed by atoms with Crippen LogP contribution in [0.15, 0.2) is 64.4 Å². The number of hydrogen-bond donors (Lipinski definition) is 4. The molecule has 1 fully saturated rings. The van der Waals surface area contributed by atoms with E-state index >= 15 is 0 Å². The predicted octanol–water partition coefficient (Wildman–Crippen LogP) is 3.98. The average Bonchev–Trinajstić information content (AvgIpc) is 3.12. The van der Waals surface area contributed by atoms with Crippen LogP contribution in [0.5, 0.6) is 11.5 Å². The van der Waals surface area contributed by atoms with Crippen LogP contribution in [0.4, 0.5) is 10.7 Å². The standard InChI is InChI=1S/C22H24N4O3S/c23-20(25-17-8-4-5-9-18(17)27)19-21(28)26-30-22(19)24-14-10-12-16(13-11-14)29-15-6-2-1-3-7-15/h1-3,6-7,10-13,17-18,24,27H,4-5,8-9H2,(H2,23,25)(H,26,28)/t17-,18-/m1/s1. The molecular formula is C22H24N4O3S. The van der Waals surface area contributed by atoms with Crippen LogP contribution >= 0.6 is 11.5 Å². The molecule has 30 heavy (non-hydrogen) atoms. The molecule has 8 heteroatoms. The van der Waals surface area contributed by atoms with Gasteiger partial charge in [-0.25, -0.2) is 0 Å². The molecule has 0 bridgehead atoms. The highest BCUT2D eigenvalue weighted by atomic mass is 32.1. The molecule has 0 saturated heterocycles. The van der Waals surface area contributed by atoms with Gasteiger partial charge in [0.2, 0.25) is 0 Å². The van der Waals surface area contributed by atoms with E-state index in [1.54, 1.807) is 0 Å². The third-order valence-electron chi connectivity index (χ3n) is 5.05. The summed E-state index contributed by atoms with van der Waals surface area (Å²) in [4.78, 5) is 16.8. The summed E-state index contributed by atoms with van der Waals surface area (Å²) in [6.45, 7) is 0. The van der Waals surface area contributed by atoms with Gasteiger partial charge >= 0.3 is 0 Å². The Morgan fingerprint density at radius 3 is 2.53 bits per heavy atom. The quantitative estimate of drug-likeness (QED) is 0.353. The number of aliphatic hydroxyl groups excluding tert-OH is 1. The molecule has 2 atom stereocenters. The fourth-order valence-electron chi connectivity index (χ4n) is 3.47. The normalized spacial score (nSPS) is 19.4. The fourth-order valence-corrected chi connectivity index (χ4v) is 4.24. The Hall–Kier alpha value is -3.10. The van der Waals surface area contributed by atoms with E-state index in [1.165, 1.54) is 11.5 Å². The van der Waals surface area contributed by atoms with Crippen LogP contribution in [0, 0.1) is 0 Å². The molecule has 1 saturated carbocycles. The van der Waals surface area contributed by atoms with Gasteiger partial charge < -0.3 is 20.9 Å². The van der Waals surface area contributed by atoms with Crippen molar-refractivity contribution in [2.24, 2.45) is 10.7 Å². The summed E-state index contributed by atoms with van der Waals surface area (Å²) >= 11 is 1.17. The van der Waals surface area contributed by atoms with Gasteiger partial charge in [-0.3, -0.25) is 14.2 Å². The Bertz CT molecular complexity index is 1060. The van der Waals surface area contributed by atoms with E-state index in [-0.39, 0.29) is 17.4 Å². The molecule has 1 aliphatic rings. The second-order valence-corrected chi connectivity index (χ2v) is 8.05. The van der Waals surface area contributed by atoms with Crippen molar-refractivity contribution in [1.29, 1.82) is 0 Å². The largest absolute Gasteiger partial charge is 0.457 e. The second kappa shape index (κ2) is 9.15. The number of ether oxygens (including phenoxy) is 1. The first-order chi connectivity index (χ1) is 14.6. The van der Waals surface area contributed by atoms with Gasteiger partial charge in [0.05, 0.1) is 12.1 Å². The number of para-hydroxylation sites is 1. The van der Waals surface area contributed by atoms with Crippen molar-refractivity contribution < 1.29 is 9.84 Å². The molecule has 156 valence electrons. The van der Waals surface area contributed by atoms with E-state index in [9.17, 15) is 9.90 Å². The van der Waals surface area contributed by atoms with E-state index in [0.717, 1.165) is 30.7 Å². The number of nitrogens with zero attached hydrogens (tertiary/aromatic N) is 1. The summed E-state index contributed by atoms with van der Waals surface area (Å²) in [6.07, 6.45) is 2.97. The number of amidine groups is 1.